The highest BCUT2D eigenvalue weighted by Crippen LogP contribution is 2.29. The number of aryl methyl sites for hydroxylation is 1. The van der Waals surface area contributed by atoms with Crippen LogP contribution in [0.15, 0.2) is 59.8 Å². The van der Waals surface area contributed by atoms with Crippen LogP contribution in [0.25, 0.3) is 11.0 Å². The summed E-state index contributed by atoms with van der Waals surface area (Å²) in [5.74, 6) is -3.45. The Kier molecular flexibility index (Phi) is 7.14. The minimum atomic E-state index is -4.16. The van der Waals surface area contributed by atoms with Gasteiger partial charge in [-0.15, -0.1) is 0 Å². The summed E-state index contributed by atoms with van der Waals surface area (Å²) in [5, 5.41) is 0.517. The molecule has 0 saturated heterocycles. The van der Waals surface area contributed by atoms with Gasteiger partial charge >= 0.3 is 0 Å². The van der Waals surface area contributed by atoms with Crippen molar-refractivity contribution in [1.29, 1.82) is 0 Å². The van der Waals surface area contributed by atoms with Gasteiger partial charge in [-0.3, -0.25) is 9.52 Å². The van der Waals surface area contributed by atoms with E-state index >= 15 is 4.39 Å². The first-order valence-corrected chi connectivity index (χ1v) is 11.8. The molecule has 0 fully saturated rings. The Labute approximate surface area is 194 Å². The van der Waals surface area contributed by atoms with Crippen molar-refractivity contribution in [3.63, 3.8) is 0 Å². The topological polar surface area (TPSA) is 91.9 Å². The van der Waals surface area contributed by atoms with Crippen LogP contribution in [0.4, 0.5) is 14.5 Å². The van der Waals surface area contributed by atoms with Gasteiger partial charge in [0.15, 0.2) is 5.82 Å². The summed E-state index contributed by atoms with van der Waals surface area (Å²) in [7, 11) is -4.16. The maximum Gasteiger partial charge on any atom is 0.261 e. The van der Waals surface area contributed by atoms with E-state index in [0.29, 0.717) is 5.65 Å². The molecule has 172 valence electrons. The number of nitrogens with one attached hydrogen (secondary N) is 2. The molecule has 2 aromatic carbocycles. The molecular weight excluding hydrogens is 472 g/mol. The van der Waals surface area contributed by atoms with Gasteiger partial charge in [0.25, 0.3) is 10.0 Å². The largest absolute Gasteiger partial charge is 0.345 e. The van der Waals surface area contributed by atoms with E-state index in [9.17, 15) is 17.6 Å². The first-order chi connectivity index (χ1) is 15.7. The second-order valence-corrected chi connectivity index (χ2v) is 8.90. The van der Waals surface area contributed by atoms with E-state index in [-0.39, 0.29) is 20.9 Å². The number of anilines is 1. The second-order valence-electron chi connectivity index (χ2n) is 6.78. The van der Waals surface area contributed by atoms with Crippen LogP contribution in [0.3, 0.4) is 0 Å². The standard InChI is InChI=1S/C21H14ClF2N3O3S.C2H6/c1-11-2-4-13(5-3-11)31(29,30)27-17-7-6-16(23)18(19(17)24)20(28)15-10-26-21-14(15)8-12(22)9-25-21;1-2/h2-10,27H,1H3,(H,25,26);1-2H3. The summed E-state index contributed by atoms with van der Waals surface area (Å²) in [5.41, 5.74) is -0.356. The van der Waals surface area contributed by atoms with Crippen molar-refractivity contribution in [2.24, 2.45) is 0 Å². The maximum absolute atomic E-state index is 15.1. The molecule has 0 aliphatic heterocycles. The normalized spacial score (nSPS) is 11.1. The number of H-pyrrole nitrogens is 1. The van der Waals surface area contributed by atoms with Crippen LogP contribution in [0, 0.1) is 18.6 Å². The summed E-state index contributed by atoms with van der Waals surface area (Å²) in [4.78, 5) is 19.6. The molecule has 0 radical (unpaired) electrons. The van der Waals surface area contributed by atoms with E-state index in [1.54, 1.807) is 19.1 Å². The fraction of sp³-hybridized carbons (Fsp3) is 0.130. The van der Waals surface area contributed by atoms with E-state index in [2.05, 4.69) is 14.7 Å². The highest BCUT2D eigenvalue weighted by molar-refractivity contribution is 7.92. The van der Waals surface area contributed by atoms with E-state index in [0.717, 1.165) is 17.7 Å². The quantitative estimate of drug-likeness (QED) is 0.342. The number of hydrogen-bond acceptors (Lipinski definition) is 4. The van der Waals surface area contributed by atoms with E-state index in [1.165, 1.54) is 30.6 Å². The number of aromatic nitrogens is 2. The summed E-state index contributed by atoms with van der Waals surface area (Å²) < 4.78 is 56.8. The van der Waals surface area contributed by atoms with Crippen molar-refractivity contribution in [2.75, 3.05) is 4.72 Å². The number of hydrogen-bond donors (Lipinski definition) is 2. The van der Waals surface area contributed by atoms with Crippen LogP contribution >= 0.6 is 11.6 Å². The number of sulfonamides is 1. The molecule has 0 spiro atoms. The van der Waals surface area contributed by atoms with Crippen molar-refractivity contribution in [3.05, 3.63) is 88.2 Å². The van der Waals surface area contributed by atoms with Crippen LogP contribution in [0.1, 0.15) is 35.3 Å². The highest BCUT2D eigenvalue weighted by atomic mass is 35.5. The first kappa shape index (κ1) is 24.3. The molecule has 4 aromatic rings. The molecular formula is C23H20ClF2N3O3S. The molecule has 0 amide bonds. The Bertz CT molecular complexity index is 1440. The lowest BCUT2D eigenvalue weighted by atomic mass is 10.0. The van der Waals surface area contributed by atoms with Gasteiger partial charge in [0.2, 0.25) is 5.78 Å². The molecule has 2 heterocycles. The van der Waals surface area contributed by atoms with Gasteiger partial charge < -0.3 is 4.98 Å². The number of halogens is 3. The number of carbonyl (C=O) groups is 1. The fourth-order valence-corrected chi connectivity index (χ4v) is 4.28. The summed E-state index contributed by atoms with van der Waals surface area (Å²) in [6.07, 6.45) is 2.62. The lowest BCUT2D eigenvalue weighted by molar-refractivity contribution is 0.103. The minimum absolute atomic E-state index is 0.0543. The van der Waals surface area contributed by atoms with Gasteiger partial charge in [-0.25, -0.2) is 22.2 Å². The van der Waals surface area contributed by atoms with Crippen LogP contribution in [-0.2, 0) is 10.0 Å². The molecule has 2 N–H and O–H groups in total. The molecule has 33 heavy (non-hydrogen) atoms. The predicted octanol–water partition coefficient (Wildman–Crippen LogP) is 5.86. The van der Waals surface area contributed by atoms with Crippen LogP contribution in [-0.4, -0.2) is 24.2 Å². The summed E-state index contributed by atoms with van der Waals surface area (Å²) >= 11 is 5.91. The summed E-state index contributed by atoms with van der Waals surface area (Å²) in [6, 6.07) is 9.06. The Morgan fingerprint density at radius 1 is 1.09 bits per heavy atom. The molecule has 10 heteroatoms. The maximum atomic E-state index is 15.1. The van der Waals surface area contributed by atoms with Crippen molar-refractivity contribution in [1.82, 2.24) is 9.97 Å². The monoisotopic (exact) mass is 491 g/mol. The number of carbonyl (C=O) groups excluding carboxylic acids is 1. The van der Waals surface area contributed by atoms with Gasteiger partial charge in [-0.1, -0.05) is 43.1 Å². The van der Waals surface area contributed by atoms with Gasteiger partial charge in [0.1, 0.15) is 11.5 Å². The molecule has 0 atom stereocenters. The molecule has 0 aliphatic rings. The van der Waals surface area contributed by atoms with Crippen LogP contribution in [0.5, 0.6) is 0 Å². The van der Waals surface area contributed by atoms with E-state index in [1.807, 2.05) is 13.8 Å². The number of pyridine rings is 1. The van der Waals surface area contributed by atoms with E-state index < -0.39 is 38.7 Å². The van der Waals surface area contributed by atoms with E-state index in [4.69, 9.17) is 11.6 Å². The minimum Gasteiger partial charge on any atom is -0.345 e. The Balaban J connectivity index is 0.00000149. The molecule has 6 nitrogen and oxygen atoms in total. The zero-order chi connectivity index (χ0) is 24.3. The Hall–Kier alpha value is -3.30. The molecule has 4 rings (SSSR count). The molecule has 0 unspecified atom stereocenters. The van der Waals surface area contributed by atoms with Crippen LogP contribution < -0.4 is 4.72 Å². The van der Waals surface area contributed by atoms with Crippen LogP contribution in [0.2, 0.25) is 5.02 Å². The van der Waals surface area contributed by atoms with Gasteiger partial charge in [-0.2, -0.15) is 0 Å². The number of rotatable bonds is 5. The van der Waals surface area contributed by atoms with Crippen molar-refractivity contribution in [2.45, 2.75) is 25.7 Å². The average molecular weight is 492 g/mol. The average Bonchev–Trinajstić information content (AvgIpc) is 3.20. The number of ketones is 1. The molecule has 0 saturated carbocycles. The third-order valence-corrected chi connectivity index (χ3v) is 6.22. The number of benzene rings is 2. The molecule has 2 aromatic heterocycles. The lowest BCUT2D eigenvalue weighted by Crippen LogP contribution is -2.16. The number of nitrogens with zero attached hydrogens (tertiary/aromatic N) is 1. The predicted molar refractivity (Wildman–Crippen MR) is 124 cm³/mol. The van der Waals surface area contributed by atoms with Crippen molar-refractivity contribution in [3.8, 4) is 0 Å². The number of aromatic amines is 1. The van der Waals surface area contributed by atoms with Crippen molar-refractivity contribution >= 4 is 44.1 Å². The fourth-order valence-electron chi connectivity index (χ4n) is 3.06. The van der Waals surface area contributed by atoms with Crippen molar-refractivity contribution < 1.29 is 22.0 Å². The second kappa shape index (κ2) is 9.68. The third-order valence-electron chi connectivity index (χ3n) is 4.64. The zero-order valence-electron chi connectivity index (χ0n) is 17.9. The van der Waals surface area contributed by atoms with Gasteiger partial charge in [-0.05, 0) is 37.3 Å². The van der Waals surface area contributed by atoms with Gasteiger partial charge in [0.05, 0.1) is 21.2 Å². The lowest BCUT2D eigenvalue weighted by Gasteiger charge is -2.12. The first-order valence-electron chi connectivity index (χ1n) is 9.92. The molecule has 0 aliphatic carbocycles. The molecule has 0 bridgehead atoms. The zero-order valence-corrected chi connectivity index (χ0v) is 19.5. The highest BCUT2D eigenvalue weighted by Gasteiger charge is 2.26. The van der Waals surface area contributed by atoms with Gasteiger partial charge in [0, 0.05) is 23.3 Å². The SMILES string of the molecule is CC.Cc1ccc(S(=O)(=O)Nc2ccc(F)c(C(=O)c3c[nH]c4ncc(Cl)cc34)c2F)cc1. The number of fused-ring (bicyclic) bond motifs is 1. The third kappa shape index (κ3) is 4.89. The summed E-state index contributed by atoms with van der Waals surface area (Å²) in [6.45, 7) is 5.79. The Morgan fingerprint density at radius 2 is 1.76 bits per heavy atom. The smallest absolute Gasteiger partial charge is 0.261 e. The Morgan fingerprint density at radius 3 is 2.42 bits per heavy atom.